The van der Waals surface area contributed by atoms with Crippen LogP contribution >= 0.6 is 0 Å². The van der Waals surface area contributed by atoms with Gasteiger partial charge in [-0.05, 0) is 38.3 Å². The van der Waals surface area contributed by atoms with E-state index < -0.39 is 0 Å². The monoisotopic (exact) mass is 306 g/mol. The van der Waals surface area contributed by atoms with Crippen LogP contribution in [0, 0.1) is 5.92 Å². The zero-order chi connectivity index (χ0) is 15.9. The fourth-order valence-corrected chi connectivity index (χ4v) is 2.80. The van der Waals surface area contributed by atoms with Gasteiger partial charge >= 0.3 is 0 Å². The van der Waals surface area contributed by atoms with Gasteiger partial charge in [0.2, 0.25) is 5.91 Å². The molecule has 2 rings (SSSR count). The third kappa shape index (κ3) is 4.91. The van der Waals surface area contributed by atoms with Gasteiger partial charge in [0.1, 0.15) is 17.6 Å². The van der Waals surface area contributed by atoms with Crippen LogP contribution in [-0.4, -0.2) is 31.7 Å². The van der Waals surface area contributed by atoms with Gasteiger partial charge in [0.05, 0.1) is 13.7 Å². The van der Waals surface area contributed by atoms with E-state index in [1.54, 1.807) is 7.11 Å². The van der Waals surface area contributed by atoms with Crippen LogP contribution in [0.15, 0.2) is 24.3 Å². The Bertz CT molecular complexity index is 493. The molecule has 1 aliphatic rings. The molecule has 0 bridgehead atoms. The van der Waals surface area contributed by atoms with Crippen LogP contribution in [0.4, 0.5) is 0 Å². The van der Waals surface area contributed by atoms with Gasteiger partial charge in [-0.3, -0.25) is 4.79 Å². The maximum atomic E-state index is 12.2. The molecule has 3 atom stereocenters. The Morgan fingerprint density at radius 2 is 2.18 bits per heavy atom. The molecule has 3 N–H and O–H groups in total. The van der Waals surface area contributed by atoms with Gasteiger partial charge in [0, 0.05) is 18.0 Å². The van der Waals surface area contributed by atoms with E-state index in [9.17, 15) is 4.79 Å². The molecule has 1 fully saturated rings. The van der Waals surface area contributed by atoms with Crippen molar-refractivity contribution in [1.82, 2.24) is 5.32 Å². The predicted molar refractivity (Wildman–Crippen MR) is 86.0 cm³/mol. The van der Waals surface area contributed by atoms with Crippen molar-refractivity contribution in [2.24, 2.45) is 11.7 Å². The van der Waals surface area contributed by atoms with Crippen LogP contribution in [0.5, 0.6) is 11.5 Å². The predicted octanol–water partition coefficient (Wildman–Crippen LogP) is 2.10. The number of amides is 1. The van der Waals surface area contributed by atoms with Gasteiger partial charge in [-0.25, -0.2) is 0 Å². The van der Waals surface area contributed by atoms with E-state index in [4.69, 9.17) is 15.2 Å². The Morgan fingerprint density at radius 3 is 2.91 bits per heavy atom. The molecular formula is C17H26N2O3. The average molecular weight is 306 g/mol. The van der Waals surface area contributed by atoms with Crippen LogP contribution in [0.3, 0.4) is 0 Å². The highest BCUT2D eigenvalue weighted by Gasteiger charge is 2.25. The van der Waals surface area contributed by atoms with Gasteiger partial charge in [-0.15, -0.1) is 0 Å². The van der Waals surface area contributed by atoms with Crippen molar-refractivity contribution >= 4 is 5.91 Å². The number of rotatable bonds is 6. The zero-order valence-electron chi connectivity index (χ0n) is 13.4. The molecule has 22 heavy (non-hydrogen) atoms. The Morgan fingerprint density at radius 1 is 1.41 bits per heavy atom. The molecule has 122 valence electrons. The summed E-state index contributed by atoms with van der Waals surface area (Å²) in [4.78, 5) is 12.2. The minimum Gasteiger partial charge on any atom is -0.497 e. The van der Waals surface area contributed by atoms with Crippen LogP contribution < -0.4 is 20.5 Å². The first-order valence-corrected chi connectivity index (χ1v) is 7.92. The van der Waals surface area contributed by atoms with Crippen LogP contribution in [0.1, 0.15) is 32.6 Å². The molecule has 0 aromatic heterocycles. The minimum atomic E-state index is -0.103. The van der Waals surface area contributed by atoms with Crippen molar-refractivity contribution in [3.63, 3.8) is 0 Å². The summed E-state index contributed by atoms with van der Waals surface area (Å²) in [6.45, 7) is 2.42. The quantitative estimate of drug-likeness (QED) is 0.844. The van der Waals surface area contributed by atoms with E-state index in [0.29, 0.717) is 6.54 Å². The molecule has 1 saturated carbocycles. The molecule has 5 nitrogen and oxygen atoms in total. The van der Waals surface area contributed by atoms with E-state index in [-0.39, 0.29) is 24.0 Å². The minimum absolute atomic E-state index is 0.0489. The first kappa shape index (κ1) is 16.6. The normalized spacial score (nSPS) is 22.7. The maximum absolute atomic E-state index is 12.2. The summed E-state index contributed by atoms with van der Waals surface area (Å²) in [6.07, 6.45) is 3.68. The molecule has 0 saturated heterocycles. The molecule has 0 spiro atoms. The Balaban J connectivity index is 1.77. The molecule has 1 aliphatic carbocycles. The standard InChI is InChI=1S/C17H26N2O3/c1-12(22-16-8-4-7-15(10-16)21-2)11-19-17(20)13-5-3-6-14(18)9-13/h4,7-8,10,12-14H,3,5-6,9,11,18H2,1-2H3,(H,19,20). The second-order valence-electron chi connectivity index (χ2n) is 5.98. The van der Waals surface area contributed by atoms with E-state index in [1.807, 2.05) is 31.2 Å². The summed E-state index contributed by atoms with van der Waals surface area (Å²) in [7, 11) is 1.62. The summed E-state index contributed by atoms with van der Waals surface area (Å²) in [6, 6.07) is 7.61. The molecular weight excluding hydrogens is 280 g/mol. The summed E-state index contributed by atoms with van der Waals surface area (Å²) in [5.74, 6) is 1.63. The third-order valence-corrected chi connectivity index (χ3v) is 4.03. The molecule has 0 aliphatic heterocycles. The highest BCUT2D eigenvalue weighted by Crippen LogP contribution is 2.23. The number of hydrogen-bond donors (Lipinski definition) is 2. The molecule has 1 aromatic rings. The number of ether oxygens (including phenoxy) is 2. The molecule has 0 radical (unpaired) electrons. The topological polar surface area (TPSA) is 73.6 Å². The number of nitrogens with one attached hydrogen (secondary N) is 1. The number of nitrogens with two attached hydrogens (primary N) is 1. The molecule has 1 amide bonds. The molecule has 1 aromatic carbocycles. The number of carbonyl (C=O) groups excluding carboxylic acids is 1. The Labute approximate surface area is 132 Å². The second-order valence-corrected chi connectivity index (χ2v) is 5.98. The number of methoxy groups -OCH3 is 1. The number of carbonyl (C=O) groups is 1. The lowest BCUT2D eigenvalue weighted by Gasteiger charge is -2.26. The van der Waals surface area contributed by atoms with Crippen molar-refractivity contribution in [2.75, 3.05) is 13.7 Å². The van der Waals surface area contributed by atoms with Gasteiger partial charge in [-0.1, -0.05) is 12.5 Å². The van der Waals surface area contributed by atoms with Crippen molar-refractivity contribution in [1.29, 1.82) is 0 Å². The Kier molecular flexibility index (Phi) is 6.07. The molecule has 3 unspecified atom stereocenters. The highest BCUT2D eigenvalue weighted by molar-refractivity contribution is 5.78. The van der Waals surface area contributed by atoms with Crippen molar-refractivity contribution in [3.05, 3.63) is 24.3 Å². The Hall–Kier alpha value is -1.75. The maximum Gasteiger partial charge on any atom is 0.223 e. The molecule has 0 heterocycles. The van der Waals surface area contributed by atoms with Gasteiger partial charge in [0.15, 0.2) is 0 Å². The van der Waals surface area contributed by atoms with Gasteiger partial charge in [-0.2, -0.15) is 0 Å². The molecule has 5 heteroatoms. The fraction of sp³-hybridized carbons (Fsp3) is 0.588. The van der Waals surface area contributed by atoms with Crippen molar-refractivity contribution in [3.8, 4) is 11.5 Å². The SMILES string of the molecule is COc1cccc(OC(C)CNC(=O)C2CCCC(N)C2)c1. The van der Waals surface area contributed by atoms with Crippen LogP contribution in [0.2, 0.25) is 0 Å². The zero-order valence-corrected chi connectivity index (χ0v) is 13.4. The lowest BCUT2D eigenvalue weighted by molar-refractivity contribution is -0.126. The summed E-state index contributed by atoms with van der Waals surface area (Å²) >= 11 is 0. The highest BCUT2D eigenvalue weighted by atomic mass is 16.5. The summed E-state index contributed by atoms with van der Waals surface area (Å²) in [5.41, 5.74) is 5.93. The van der Waals surface area contributed by atoms with Crippen molar-refractivity contribution < 1.29 is 14.3 Å². The fourth-order valence-electron chi connectivity index (χ4n) is 2.80. The van der Waals surface area contributed by atoms with Crippen LogP contribution in [0.25, 0.3) is 0 Å². The van der Waals surface area contributed by atoms with Gasteiger partial charge in [0.25, 0.3) is 0 Å². The van der Waals surface area contributed by atoms with Crippen molar-refractivity contribution in [2.45, 2.75) is 44.8 Å². The summed E-state index contributed by atoms with van der Waals surface area (Å²) in [5, 5.41) is 2.97. The first-order valence-electron chi connectivity index (χ1n) is 7.92. The van der Waals surface area contributed by atoms with Crippen LogP contribution in [-0.2, 0) is 4.79 Å². The van der Waals surface area contributed by atoms with E-state index in [0.717, 1.165) is 37.2 Å². The summed E-state index contributed by atoms with van der Waals surface area (Å²) < 4.78 is 11.0. The largest absolute Gasteiger partial charge is 0.497 e. The number of hydrogen-bond acceptors (Lipinski definition) is 4. The first-order chi connectivity index (χ1) is 10.6. The second kappa shape index (κ2) is 8.03. The lowest BCUT2D eigenvalue weighted by Crippen LogP contribution is -2.41. The number of benzene rings is 1. The van der Waals surface area contributed by atoms with E-state index in [1.165, 1.54) is 0 Å². The van der Waals surface area contributed by atoms with E-state index in [2.05, 4.69) is 5.32 Å². The third-order valence-electron chi connectivity index (χ3n) is 4.03. The average Bonchev–Trinajstić information content (AvgIpc) is 2.52. The van der Waals surface area contributed by atoms with Gasteiger partial charge < -0.3 is 20.5 Å². The van der Waals surface area contributed by atoms with E-state index >= 15 is 0 Å². The lowest BCUT2D eigenvalue weighted by atomic mass is 9.85. The smallest absolute Gasteiger partial charge is 0.223 e.